The highest BCUT2D eigenvalue weighted by Crippen LogP contribution is 2.23. The summed E-state index contributed by atoms with van der Waals surface area (Å²) in [4.78, 5) is 12.2. The van der Waals surface area contributed by atoms with Crippen molar-refractivity contribution in [1.29, 1.82) is 0 Å². The van der Waals surface area contributed by atoms with E-state index in [9.17, 15) is 4.79 Å². The Morgan fingerprint density at radius 3 is 2.59 bits per heavy atom. The lowest BCUT2D eigenvalue weighted by Gasteiger charge is -2.29. The minimum Gasteiger partial charge on any atom is -0.352 e. The molecule has 1 amide bonds. The summed E-state index contributed by atoms with van der Waals surface area (Å²) in [6.07, 6.45) is 5.85. The Hall–Kier alpha value is -0.870. The maximum atomic E-state index is 12.2. The van der Waals surface area contributed by atoms with E-state index in [2.05, 4.69) is 52.5 Å². The van der Waals surface area contributed by atoms with Gasteiger partial charge in [0, 0.05) is 16.6 Å². The van der Waals surface area contributed by atoms with Gasteiger partial charge in [-0.25, -0.2) is 0 Å². The molecular formula is C18H27BrN2O. The van der Waals surface area contributed by atoms with Gasteiger partial charge in [-0.3, -0.25) is 4.79 Å². The van der Waals surface area contributed by atoms with Crippen molar-refractivity contribution in [3.63, 3.8) is 0 Å². The van der Waals surface area contributed by atoms with Gasteiger partial charge in [0.05, 0.1) is 6.54 Å². The van der Waals surface area contributed by atoms with Crippen LogP contribution in [-0.4, -0.2) is 18.5 Å². The van der Waals surface area contributed by atoms with Crippen molar-refractivity contribution in [1.82, 2.24) is 10.6 Å². The highest BCUT2D eigenvalue weighted by Gasteiger charge is 2.22. The first kappa shape index (κ1) is 17.5. The molecule has 1 fully saturated rings. The Labute approximate surface area is 142 Å². The lowest BCUT2D eigenvalue weighted by Crippen LogP contribution is -2.45. The zero-order valence-electron chi connectivity index (χ0n) is 13.6. The van der Waals surface area contributed by atoms with Crippen LogP contribution in [0.1, 0.15) is 57.6 Å². The summed E-state index contributed by atoms with van der Waals surface area (Å²) in [6.45, 7) is 4.77. The second-order valence-corrected chi connectivity index (χ2v) is 7.24. The molecule has 0 heterocycles. The number of halogens is 1. The van der Waals surface area contributed by atoms with Gasteiger partial charge in [-0.05, 0) is 42.9 Å². The smallest absolute Gasteiger partial charge is 0.234 e. The van der Waals surface area contributed by atoms with Crippen LogP contribution in [0.15, 0.2) is 28.7 Å². The predicted octanol–water partition coefficient (Wildman–Crippen LogP) is 4.18. The van der Waals surface area contributed by atoms with E-state index in [-0.39, 0.29) is 11.9 Å². The number of hydrogen-bond donors (Lipinski definition) is 2. The lowest BCUT2D eigenvalue weighted by molar-refractivity contribution is -0.121. The SMILES string of the molecule is CC[C@@H](NCC(=O)N[C@H]1CCCC[C@@H]1C)c1ccc(Br)cc1. The standard InChI is InChI=1S/C18H27BrN2O/c1-3-16(14-8-10-15(19)11-9-14)20-12-18(22)21-17-7-5-4-6-13(17)2/h8-11,13,16-17,20H,3-7,12H2,1-2H3,(H,21,22)/t13-,16+,17-/m0/s1. The number of nitrogens with one attached hydrogen (secondary N) is 2. The van der Waals surface area contributed by atoms with Gasteiger partial charge < -0.3 is 10.6 Å². The summed E-state index contributed by atoms with van der Waals surface area (Å²) in [5, 5.41) is 6.58. The second-order valence-electron chi connectivity index (χ2n) is 6.33. The van der Waals surface area contributed by atoms with Gasteiger partial charge in [0.25, 0.3) is 0 Å². The van der Waals surface area contributed by atoms with Crippen LogP contribution in [0.2, 0.25) is 0 Å². The minimum absolute atomic E-state index is 0.120. The molecule has 0 bridgehead atoms. The fourth-order valence-electron chi connectivity index (χ4n) is 3.20. The van der Waals surface area contributed by atoms with Gasteiger partial charge in [0.2, 0.25) is 5.91 Å². The molecular weight excluding hydrogens is 340 g/mol. The number of benzene rings is 1. The van der Waals surface area contributed by atoms with E-state index < -0.39 is 0 Å². The summed E-state index contributed by atoms with van der Waals surface area (Å²) in [5.41, 5.74) is 1.23. The van der Waals surface area contributed by atoms with Crippen molar-refractivity contribution < 1.29 is 4.79 Å². The van der Waals surface area contributed by atoms with Gasteiger partial charge >= 0.3 is 0 Å². The van der Waals surface area contributed by atoms with Crippen LogP contribution < -0.4 is 10.6 Å². The second kappa shape index (κ2) is 8.68. The van der Waals surface area contributed by atoms with Gasteiger partial charge in [0.1, 0.15) is 0 Å². The van der Waals surface area contributed by atoms with Crippen LogP contribution >= 0.6 is 15.9 Å². The zero-order chi connectivity index (χ0) is 15.9. The van der Waals surface area contributed by atoms with E-state index in [1.807, 2.05) is 12.1 Å². The Kier molecular flexibility index (Phi) is 6.90. The van der Waals surface area contributed by atoms with Crippen molar-refractivity contribution in [3.8, 4) is 0 Å². The van der Waals surface area contributed by atoms with Crippen molar-refractivity contribution in [2.75, 3.05) is 6.54 Å². The van der Waals surface area contributed by atoms with Crippen molar-refractivity contribution in [3.05, 3.63) is 34.3 Å². The number of carbonyl (C=O) groups excluding carboxylic acids is 1. The Bertz CT molecular complexity index is 474. The molecule has 3 atom stereocenters. The molecule has 0 spiro atoms. The molecule has 0 saturated heterocycles. The zero-order valence-corrected chi connectivity index (χ0v) is 15.2. The Balaban J connectivity index is 1.82. The van der Waals surface area contributed by atoms with Crippen LogP contribution in [0.4, 0.5) is 0 Å². The normalized spacial score (nSPS) is 23.0. The Morgan fingerprint density at radius 2 is 1.95 bits per heavy atom. The van der Waals surface area contributed by atoms with Crippen LogP contribution in [0.25, 0.3) is 0 Å². The molecule has 4 heteroatoms. The molecule has 1 aliphatic carbocycles. The Morgan fingerprint density at radius 1 is 1.27 bits per heavy atom. The lowest BCUT2D eigenvalue weighted by atomic mass is 9.86. The predicted molar refractivity (Wildman–Crippen MR) is 94.7 cm³/mol. The van der Waals surface area contributed by atoms with Crippen LogP contribution in [0.3, 0.4) is 0 Å². The molecule has 3 nitrogen and oxygen atoms in total. The minimum atomic E-state index is 0.120. The molecule has 1 aromatic carbocycles. The average molecular weight is 367 g/mol. The third-order valence-electron chi connectivity index (χ3n) is 4.65. The molecule has 1 saturated carbocycles. The third kappa shape index (κ3) is 5.10. The summed E-state index contributed by atoms with van der Waals surface area (Å²) < 4.78 is 1.08. The summed E-state index contributed by atoms with van der Waals surface area (Å²) in [7, 11) is 0. The molecule has 1 aliphatic rings. The van der Waals surface area contributed by atoms with Crippen molar-refractivity contribution in [2.45, 2.75) is 58.0 Å². The molecule has 122 valence electrons. The van der Waals surface area contributed by atoms with E-state index in [1.165, 1.54) is 24.8 Å². The van der Waals surface area contributed by atoms with Gasteiger partial charge in [0.15, 0.2) is 0 Å². The number of rotatable bonds is 6. The topological polar surface area (TPSA) is 41.1 Å². The average Bonchev–Trinajstić information content (AvgIpc) is 2.52. The quantitative estimate of drug-likeness (QED) is 0.792. The number of hydrogen-bond acceptors (Lipinski definition) is 2. The monoisotopic (exact) mass is 366 g/mol. The first-order valence-corrected chi connectivity index (χ1v) is 9.17. The third-order valence-corrected chi connectivity index (χ3v) is 5.18. The summed E-state index contributed by atoms with van der Waals surface area (Å²) in [5.74, 6) is 0.723. The van der Waals surface area contributed by atoms with Gasteiger partial charge in [-0.15, -0.1) is 0 Å². The van der Waals surface area contributed by atoms with Crippen LogP contribution in [0, 0.1) is 5.92 Å². The molecule has 22 heavy (non-hydrogen) atoms. The van der Waals surface area contributed by atoms with Gasteiger partial charge in [-0.1, -0.05) is 54.8 Å². The molecule has 0 aromatic heterocycles. The van der Waals surface area contributed by atoms with E-state index in [4.69, 9.17) is 0 Å². The fourth-order valence-corrected chi connectivity index (χ4v) is 3.46. The molecule has 0 radical (unpaired) electrons. The number of amides is 1. The highest BCUT2D eigenvalue weighted by atomic mass is 79.9. The maximum Gasteiger partial charge on any atom is 0.234 e. The van der Waals surface area contributed by atoms with E-state index in [1.54, 1.807) is 0 Å². The number of carbonyl (C=O) groups is 1. The first-order valence-electron chi connectivity index (χ1n) is 8.38. The van der Waals surface area contributed by atoms with Gasteiger partial charge in [-0.2, -0.15) is 0 Å². The van der Waals surface area contributed by atoms with E-state index >= 15 is 0 Å². The van der Waals surface area contributed by atoms with E-state index in [0.29, 0.717) is 18.5 Å². The maximum absolute atomic E-state index is 12.2. The highest BCUT2D eigenvalue weighted by molar-refractivity contribution is 9.10. The first-order chi connectivity index (χ1) is 10.6. The van der Waals surface area contributed by atoms with E-state index in [0.717, 1.165) is 17.3 Å². The molecule has 0 aliphatic heterocycles. The summed E-state index contributed by atoms with van der Waals surface area (Å²) >= 11 is 3.46. The molecule has 2 rings (SSSR count). The molecule has 2 N–H and O–H groups in total. The molecule has 1 aromatic rings. The van der Waals surface area contributed by atoms with Crippen LogP contribution in [-0.2, 0) is 4.79 Å². The fraction of sp³-hybridized carbons (Fsp3) is 0.611. The summed E-state index contributed by atoms with van der Waals surface area (Å²) in [6, 6.07) is 8.88. The van der Waals surface area contributed by atoms with Crippen molar-refractivity contribution >= 4 is 21.8 Å². The molecule has 0 unspecified atom stereocenters. The van der Waals surface area contributed by atoms with Crippen LogP contribution in [0.5, 0.6) is 0 Å². The van der Waals surface area contributed by atoms with Crippen molar-refractivity contribution in [2.24, 2.45) is 5.92 Å². The largest absolute Gasteiger partial charge is 0.352 e.